The van der Waals surface area contributed by atoms with Gasteiger partial charge < -0.3 is 0 Å². The van der Waals surface area contributed by atoms with Crippen LogP contribution in [0.25, 0.3) is 12.7 Å². The van der Waals surface area contributed by atoms with Gasteiger partial charge >= 0.3 is 5.36 Å². The Bertz CT molecular complexity index is 448. The molecular weight excluding hydrogens is 134 g/mol. The van der Waals surface area contributed by atoms with Gasteiger partial charge in [-0.3, -0.25) is 0 Å². The van der Waals surface area contributed by atoms with Gasteiger partial charge in [-0.15, -0.1) is 0 Å². The molecule has 0 radical (unpaired) electrons. The van der Waals surface area contributed by atoms with E-state index in [2.05, 4.69) is 11.2 Å². The Morgan fingerprint density at radius 2 is 2.18 bits per heavy atom. The van der Waals surface area contributed by atoms with E-state index in [1.54, 1.807) is 6.21 Å². The Hall–Kier alpha value is -1.59. The normalized spacial score (nSPS) is 12.4. The minimum Gasteiger partial charge on any atom is -0.0914 e. The maximum absolute atomic E-state index is 4.22. The van der Waals surface area contributed by atoms with Crippen LogP contribution in [0.4, 0.5) is 0 Å². The molecule has 2 rings (SSSR count). The molecule has 0 fully saturated rings. The van der Waals surface area contributed by atoms with Crippen LogP contribution in [0.3, 0.4) is 0 Å². The zero-order chi connectivity index (χ0) is 7.68. The second-order valence-corrected chi connectivity index (χ2v) is 2.49. The standard InChI is InChI=1S/C10H8N/c1-8-4-2-5-9-6-3-7-11-10(8)9/h2-7H,1H2/q+1. The number of nitrogens with zero attached hydrogens (tertiary/aromatic N) is 1. The zero-order valence-corrected chi connectivity index (χ0v) is 6.12. The topological polar surface area (TPSA) is 14.1 Å². The fraction of sp³-hybridized carbons (Fsp3) is 0. The molecule has 1 aliphatic rings. The summed E-state index contributed by atoms with van der Waals surface area (Å²) in [6.07, 6.45) is 5.76. The highest BCUT2D eigenvalue weighted by atomic mass is 14.5. The van der Waals surface area contributed by atoms with Gasteiger partial charge in [-0.25, -0.2) is 0 Å². The van der Waals surface area contributed by atoms with Crippen molar-refractivity contribution in [1.29, 1.82) is 0 Å². The number of fused-ring (bicyclic) bond motifs is 1. The lowest BCUT2D eigenvalue weighted by molar-refractivity contribution is 1.31. The Labute approximate surface area is 64.7 Å². The highest BCUT2D eigenvalue weighted by Crippen LogP contribution is 1.91. The Morgan fingerprint density at radius 3 is 3.00 bits per heavy atom. The largest absolute Gasteiger partial charge is 0.340 e. The summed E-state index contributed by atoms with van der Waals surface area (Å²) in [5.41, 5.74) is 1.15. The summed E-state index contributed by atoms with van der Waals surface area (Å²) in [5, 5.41) is 1.98. The van der Waals surface area contributed by atoms with Crippen LogP contribution in [0.15, 0.2) is 24.3 Å². The predicted molar refractivity (Wildman–Crippen MR) is 47.5 cm³/mol. The van der Waals surface area contributed by atoms with Crippen LogP contribution in [0.5, 0.6) is 0 Å². The third-order valence-electron chi connectivity index (χ3n) is 1.72. The highest BCUT2D eigenvalue weighted by molar-refractivity contribution is 5.78. The van der Waals surface area contributed by atoms with Crippen molar-refractivity contribution in [1.82, 2.24) is 4.67 Å². The fourth-order valence-corrected chi connectivity index (χ4v) is 1.17. The van der Waals surface area contributed by atoms with Crippen LogP contribution < -0.4 is 15.2 Å². The molecule has 52 valence electrons. The monoisotopic (exact) mass is 142 g/mol. The summed E-state index contributed by atoms with van der Waals surface area (Å²) in [4.78, 5) is 0. The third-order valence-corrected chi connectivity index (χ3v) is 1.72. The molecule has 1 aromatic rings. The van der Waals surface area contributed by atoms with E-state index in [0.29, 0.717) is 0 Å². The lowest BCUT2D eigenvalue weighted by Gasteiger charge is -1.86. The van der Waals surface area contributed by atoms with Crippen molar-refractivity contribution in [2.75, 3.05) is 0 Å². The molecule has 0 aliphatic carbocycles. The molecule has 0 saturated heterocycles. The van der Waals surface area contributed by atoms with Crippen LogP contribution in [0.2, 0.25) is 0 Å². The molecule has 0 saturated carbocycles. The van der Waals surface area contributed by atoms with E-state index in [1.807, 2.05) is 30.4 Å². The van der Waals surface area contributed by atoms with Crippen molar-refractivity contribution in [3.05, 3.63) is 40.4 Å². The van der Waals surface area contributed by atoms with Crippen LogP contribution in [0, 0.1) is 0 Å². The Morgan fingerprint density at radius 1 is 1.27 bits per heavy atom. The molecule has 1 aliphatic heterocycles. The van der Waals surface area contributed by atoms with E-state index >= 15 is 0 Å². The Kier molecular flexibility index (Phi) is 1.24. The summed E-state index contributed by atoms with van der Waals surface area (Å²) in [6.45, 7) is 3.89. The third kappa shape index (κ3) is 0.917. The molecule has 11 heavy (non-hydrogen) atoms. The quantitative estimate of drug-likeness (QED) is 0.448. The van der Waals surface area contributed by atoms with Gasteiger partial charge in [0.15, 0.2) is 0 Å². The van der Waals surface area contributed by atoms with Gasteiger partial charge in [-0.2, -0.15) is 0 Å². The summed E-state index contributed by atoms with van der Waals surface area (Å²) in [6, 6.07) is 6.00. The smallest absolute Gasteiger partial charge is 0.0914 e. The van der Waals surface area contributed by atoms with Gasteiger partial charge in [-0.1, -0.05) is 17.3 Å². The first-order valence-corrected chi connectivity index (χ1v) is 3.53. The SMILES string of the molecule is C=c1cccc2c1=[N+]=CC=C2. The zero-order valence-electron chi connectivity index (χ0n) is 6.12. The van der Waals surface area contributed by atoms with Crippen molar-refractivity contribution in [3.8, 4) is 0 Å². The van der Waals surface area contributed by atoms with E-state index in [0.717, 1.165) is 16.1 Å². The number of hydrogen-bond donors (Lipinski definition) is 0. The molecule has 0 N–H and O–H groups in total. The molecule has 1 aromatic carbocycles. The predicted octanol–water partition coefficient (Wildman–Crippen LogP) is -0.119. The molecule has 1 heterocycles. The van der Waals surface area contributed by atoms with Gasteiger partial charge in [0.1, 0.15) is 0 Å². The first-order chi connectivity index (χ1) is 5.38. The van der Waals surface area contributed by atoms with E-state index in [-0.39, 0.29) is 0 Å². The van der Waals surface area contributed by atoms with Crippen molar-refractivity contribution in [2.24, 2.45) is 0 Å². The average molecular weight is 142 g/mol. The number of hydrogen-bond acceptors (Lipinski definition) is 0. The lowest BCUT2D eigenvalue weighted by Crippen LogP contribution is -2.29. The molecule has 0 aromatic heterocycles. The van der Waals surface area contributed by atoms with Crippen LogP contribution in [0.1, 0.15) is 5.56 Å². The summed E-state index contributed by atoms with van der Waals surface area (Å²) in [7, 11) is 0. The number of benzene rings is 1. The van der Waals surface area contributed by atoms with Crippen LogP contribution in [-0.2, 0) is 0 Å². The summed E-state index contributed by atoms with van der Waals surface area (Å²) in [5.74, 6) is 0. The van der Waals surface area contributed by atoms with Crippen LogP contribution >= 0.6 is 0 Å². The van der Waals surface area contributed by atoms with Gasteiger partial charge in [0.25, 0.3) is 6.21 Å². The number of rotatable bonds is 0. The maximum Gasteiger partial charge on any atom is 0.340 e. The van der Waals surface area contributed by atoms with Gasteiger partial charge in [0, 0.05) is 6.08 Å². The van der Waals surface area contributed by atoms with Crippen LogP contribution in [-0.4, -0.2) is 6.21 Å². The second kappa shape index (κ2) is 2.22. The maximum atomic E-state index is 4.22. The molecule has 0 unspecified atom stereocenters. The summed E-state index contributed by atoms with van der Waals surface area (Å²) >= 11 is 0. The van der Waals surface area contributed by atoms with E-state index < -0.39 is 0 Å². The molecular formula is C10H8N+. The van der Waals surface area contributed by atoms with Crippen molar-refractivity contribution in [3.63, 3.8) is 0 Å². The molecule has 0 amide bonds. The van der Waals surface area contributed by atoms with Crippen molar-refractivity contribution < 1.29 is 0 Å². The number of para-hydroxylation sites is 1. The van der Waals surface area contributed by atoms with E-state index in [4.69, 9.17) is 0 Å². The molecule has 1 heteroatoms. The van der Waals surface area contributed by atoms with Gasteiger partial charge in [-0.05, 0) is 18.2 Å². The van der Waals surface area contributed by atoms with E-state index in [9.17, 15) is 0 Å². The molecule has 1 nitrogen and oxygen atoms in total. The highest BCUT2D eigenvalue weighted by Gasteiger charge is 2.02. The molecule has 0 atom stereocenters. The minimum absolute atomic E-state index is 0.989. The van der Waals surface area contributed by atoms with Crippen molar-refractivity contribution in [2.45, 2.75) is 0 Å². The summed E-state index contributed by atoms with van der Waals surface area (Å²) < 4.78 is 4.22. The van der Waals surface area contributed by atoms with Crippen molar-refractivity contribution >= 4 is 18.9 Å². The first-order valence-electron chi connectivity index (χ1n) is 3.53. The Balaban J connectivity index is 3.05. The fourth-order valence-electron chi connectivity index (χ4n) is 1.17. The molecule has 0 bridgehead atoms. The minimum atomic E-state index is 0.989. The van der Waals surface area contributed by atoms with E-state index in [1.165, 1.54) is 0 Å². The average Bonchev–Trinajstić information content (AvgIpc) is 2.06. The lowest BCUT2D eigenvalue weighted by atomic mass is 10.1. The second-order valence-electron chi connectivity index (χ2n) is 2.49. The first kappa shape index (κ1) is 6.14. The van der Waals surface area contributed by atoms with Gasteiger partial charge in [0.05, 0.1) is 10.8 Å². The van der Waals surface area contributed by atoms with Gasteiger partial charge in [0.2, 0.25) is 0 Å². The number of allylic oxidation sites excluding steroid dienone is 1. The molecule has 0 spiro atoms.